The van der Waals surface area contributed by atoms with Gasteiger partial charge in [-0.15, -0.1) is 0 Å². The van der Waals surface area contributed by atoms with Gasteiger partial charge in [-0.1, -0.05) is 0 Å². The number of nitrogens with one attached hydrogen (secondary N) is 13. The average Bonchev–Trinajstić information content (AvgIpc) is 1.69. The Hall–Kier alpha value is -13.0. The lowest BCUT2D eigenvalue weighted by Gasteiger charge is -2.09. The molecule has 0 fully saturated rings. The van der Waals surface area contributed by atoms with Crippen LogP contribution in [0.4, 0.5) is 45.6 Å². The number of amides is 12. The molecule has 0 saturated heterocycles. The Balaban J connectivity index is 0.667. The zero-order chi connectivity index (χ0) is 73.8. The van der Waals surface area contributed by atoms with Gasteiger partial charge in [0.25, 0.3) is 53.2 Å². The van der Waals surface area contributed by atoms with Crippen LogP contribution in [0.15, 0.2) is 104 Å². The Morgan fingerprint density at radius 1 is 0.333 bits per heavy atom. The standard InChI is InChI=1S/C66H80N24O12/c1-81(2)20-13-17-67-55(93)29-71-60(96)47-25-41(33-85(47)6)75-62(98)49-26-42(34-87(49)8)76-61(97)48-22-38(30-86(48)7)72-54(92)15-18-70-59(95)46-24-40(32-84(46)5)74-64(100)51-28-44(36-89(51)10)78-66(102)57-80-52(37-90(57)11)79-53(91)14-12-16-69-58(94)45-23-39(31-83(45)4)73-63(99)50-27-43(35-88(50)9)77-65(101)56-68-19-21-82(56)3/h19,21-28,30-37H,12-18,20,29H2,1-11H3,(H,67,93)(H,69,94)(H,70,95)(H,71,96)(H,72,92)(H,73,99)(H,74,100)(H,75,98)(H,76,97)(H,77,101)(H,78,102)(H,79,91)/p+1. The molecule has 12 amide bonds. The van der Waals surface area contributed by atoms with Gasteiger partial charge in [0, 0.05) is 164 Å². The summed E-state index contributed by atoms with van der Waals surface area (Å²) in [6.45, 7) is 1.23. The zero-order valence-corrected chi connectivity index (χ0v) is 58.0. The van der Waals surface area contributed by atoms with Crippen molar-refractivity contribution in [1.82, 2.24) is 72.3 Å². The number of imidazole rings is 2. The number of rotatable bonds is 30. The van der Waals surface area contributed by atoms with E-state index in [2.05, 4.69) is 73.8 Å². The molecule has 0 aliphatic carbocycles. The summed E-state index contributed by atoms with van der Waals surface area (Å²) in [7, 11) is 18.6. The Labute approximate surface area is 583 Å². The third kappa shape index (κ3) is 18.6. The number of nitrogens with zero attached hydrogens (tertiary/aromatic N) is 11. The van der Waals surface area contributed by atoms with Crippen LogP contribution in [0.1, 0.15) is 120 Å². The van der Waals surface area contributed by atoms with E-state index < -0.39 is 65.0 Å². The Morgan fingerprint density at radius 2 is 0.676 bits per heavy atom. The van der Waals surface area contributed by atoms with E-state index in [-0.39, 0.29) is 114 Å². The first kappa shape index (κ1) is 73.2. The Morgan fingerprint density at radius 3 is 1.07 bits per heavy atom. The minimum Gasteiger partial charge on any atom is -0.354 e. The molecule has 9 aromatic rings. The third-order valence-electron chi connectivity index (χ3n) is 16.0. The molecule has 536 valence electrons. The summed E-state index contributed by atoms with van der Waals surface area (Å²) in [5.41, 5.74) is 3.58. The van der Waals surface area contributed by atoms with Gasteiger partial charge in [0.2, 0.25) is 23.5 Å². The van der Waals surface area contributed by atoms with E-state index in [0.29, 0.717) is 35.0 Å². The molecule has 36 heteroatoms. The second-order valence-electron chi connectivity index (χ2n) is 24.5. The van der Waals surface area contributed by atoms with E-state index in [1.54, 1.807) is 108 Å². The molecule has 102 heavy (non-hydrogen) atoms. The van der Waals surface area contributed by atoms with Crippen LogP contribution >= 0.6 is 0 Å². The fourth-order valence-corrected chi connectivity index (χ4v) is 10.8. The van der Waals surface area contributed by atoms with Gasteiger partial charge in [0.1, 0.15) is 39.9 Å². The van der Waals surface area contributed by atoms with Crippen molar-refractivity contribution in [3.05, 3.63) is 156 Å². The zero-order valence-electron chi connectivity index (χ0n) is 58.0. The molecule has 0 saturated carbocycles. The number of aromatic nitrogens is 11. The first-order valence-corrected chi connectivity index (χ1v) is 32.0. The van der Waals surface area contributed by atoms with Crippen LogP contribution in [0.25, 0.3) is 0 Å². The molecule has 0 aromatic carbocycles. The number of aryl methyl sites for hydroxylation is 9. The third-order valence-corrected chi connectivity index (χ3v) is 16.0. The lowest BCUT2D eigenvalue weighted by molar-refractivity contribution is -0.858. The predicted octanol–water partition coefficient (Wildman–Crippen LogP) is 1.32. The van der Waals surface area contributed by atoms with Gasteiger partial charge < -0.3 is 110 Å². The van der Waals surface area contributed by atoms with Gasteiger partial charge in [-0.25, -0.2) is 9.97 Å². The Bertz CT molecular complexity index is 4720. The topological polar surface area (TPSA) is 424 Å². The van der Waals surface area contributed by atoms with Crippen LogP contribution in [0, 0.1) is 0 Å². The molecule has 0 spiro atoms. The number of carbonyl (C=O) groups excluding carboxylic acids is 12. The molecule has 0 aliphatic rings. The maximum atomic E-state index is 13.5. The van der Waals surface area contributed by atoms with E-state index >= 15 is 0 Å². The molecule has 0 radical (unpaired) electrons. The van der Waals surface area contributed by atoms with Crippen molar-refractivity contribution < 1.29 is 62.4 Å². The number of hydrogen-bond donors (Lipinski definition) is 13. The average molecular weight is 1400 g/mol. The van der Waals surface area contributed by atoms with Gasteiger partial charge in [-0.2, -0.15) is 0 Å². The van der Waals surface area contributed by atoms with Crippen molar-refractivity contribution in [2.75, 3.05) is 89.4 Å². The first-order valence-electron chi connectivity index (χ1n) is 32.0. The van der Waals surface area contributed by atoms with E-state index in [1.165, 1.54) is 106 Å². The molecule has 9 rings (SSSR count). The summed E-state index contributed by atoms with van der Waals surface area (Å²) in [4.78, 5) is 167. The summed E-state index contributed by atoms with van der Waals surface area (Å²) < 4.78 is 13.6. The van der Waals surface area contributed by atoms with Crippen molar-refractivity contribution in [3.8, 4) is 0 Å². The van der Waals surface area contributed by atoms with E-state index in [0.717, 1.165) is 13.0 Å². The lowest BCUT2D eigenvalue weighted by atomic mass is 10.3. The highest BCUT2D eigenvalue weighted by Crippen LogP contribution is 2.24. The van der Waals surface area contributed by atoms with Gasteiger partial charge in [-0.3, -0.25) is 57.5 Å². The molecule has 13 N–H and O–H groups in total. The molecule has 0 aliphatic heterocycles. The molecular formula is C66H81N24O12+. The molecule has 0 bridgehead atoms. The minimum atomic E-state index is -0.645. The summed E-state index contributed by atoms with van der Waals surface area (Å²) in [6, 6.07) is 10.3. The van der Waals surface area contributed by atoms with Crippen molar-refractivity contribution in [2.45, 2.75) is 25.7 Å². The summed E-state index contributed by atoms with van der Waals surface area (Å²) in [5, 5.41) is 32.7. The molecule has 0 unspecified atom stereocenters. The highest BCUT2D eigenvalue weighted by atomic mass is 16.2. The van der Waals surface area contributed by atoms with Crippen molar-refractivity contribution in [3.63, 3.8) is 0 Å². The molecule has 0 atom stereocenters. The lowest BCUT2D eigenvalue weighted by Crippen LogP contribution is -3.05. The van der Waals surface area contributed by atoms with Gasteiger partial charge in [0.05, 0.1) is 67.0 Å². The smallest absolute Gasteiger partial charge is 0.291 e. The van der Waals surface area contributed by atoms with Crippen LogP contribution in [0.5, 0.6) is 0 Å². The fourth-order valence-electron chi connectivity index (χ4n) is 10.8. The molecule has 36 nitrogen and oxygen atoms in total. The SMILES string of the molecule is Cn1cc(NC(=O)c2cc(NC(=O)c3nccn3C)cn2C)cc1C(=O)NCCCC(=O)Nc1cn(C)c(C(=O)Nc2cc(C(=O)Nc3cc(C(=O)NCCC(=O)Nc4cc(C(=O)Nc5cc(C(=O)Nc6cc(C(=O)NCC(=O)NCCC[NH+](C)C)n(C)c6)n(C)c5)n(C)c4)n(C)c3)n(C)c2)n1. The number of quaternary nitrogens is 1. The fraction of sp³-hybridized carbons (Fsp3) is 0.303. The van der Waals surface area contributed by atoms with Crippen molar-refractivity contribution in [2.24, 2.45) is 63.4 Å². The van der Waals surface area contributed by atoms with Crippen LogP contribution in [-0.4, -0.2) is 169 Å². The highest BCUT2D eigenvalue weighted by molar-refractivity contribution is 6.10. The second kappa shape index (κ2) is 32.1. The Kier molecular flexibility index (Phi) is 23.1. The molecule has 9 heterocycles. The van der Waals surface area contributed by atoms with Crippen molar-refractivity contribution >= 4 is 117 Å². The minimum absolute atomic E-state index is 0.00594. The van der Waals surface area contributed by atoms with E-state index in [9.17, 15) is 57.5 Å². The maximum Gasteiger partial charge on any atom is 0.291 e. The van der Waals surface area contributed by atoms with E-state index in [1.807, 2.05) is 14.1 Å². The van der Waals surface area contributed by atoms with Crippen LogP contribution < -0.4 is 68.7 Å². The monoisotopic (exact) mass is 1400 g/mol. The predicted molar refractivity (Wildman–Crippen MR) is 375 cm³/mol. The maximum absolute atomic E-state index is 13.5. The van der Waals surface area contributed by atoms with Crippen LogP contribution in [0.3, 0.4) is 0 Å². The molecule has 9 aromatic heterocycles. The van der Waals surface area contributed by atoms with E-state index in [4.69, 9.17) is 0 Å². The summed E-state index contributed by atoms with van der Waals surface area (Å²) in [6.07, 6.45) is 16.3. The molecular weight excluding hydrogens is 1320 g/mol. The highest BCUT2D eigenvalue weighted by Gasteiger charge is 2.25. The first-order chi connectivity index (χ1) is 48.5. The quantitative estimate of drug-likeness (QED) is 0.0283. The number of hydrogen-bond acceptors (Lipinski definition) is 14. The number of carbonyl (C=O) groups is 12. The summed E-state index contributed by atoms with van der Waals surface area (Å²) >= 11 is 0. The van der Waals surface area contributed by atoms with Gasteiger partial charge in [-0.05, 0) is 48.9 Å². The largest absolute Gasteiger partial charge is 0.354 e. The summed E-state index contributed by atoms with van der Waals surface area (Å²) in [5.74, 6) is -5.65. The van der Waals surface area contributed by atoms with Gasteiger partial charge >= 0.3 is 0 Å². The van der Waals surface area contributed by atoms with Crippen LogP contribution in [-0.2, 0) is 77.8 Å². The van der Waals surface area contributed by atoms with Gasteiger partial charge in [0.15, 0.2) is 11.6 Å². The van der Waals surface area contributed by atoms with Crippen LogP contribution in [0.2, 0.25) is 0 Å². The second-order valence-corrected chi connectivity index (χ2v) is 24.5. The number of anilines is 8. The van der Waals surface area contributed by atoms with Crippen molar-refractivity contribution in [1.29, 1.82) is 0 Å². The normalized spacial score (nSPS) is 11.0.